The van der Waals surface area contributed by atoms with Crippen molar-refractivity contribution in [1.29, 1.82) is 0 Å². The summed E-state index contributed by atoms with van der Waals surface area (Å²) in [5, 5.41) is 0. The maximum Gasteiger partial charge on any atom is 0.371 e. The van der Waals surface area contributed by atoms with Crippen LogP contribution in [0.25, 0.3) is 0 Å². The van der Waals surface area contributed by atoms with Crippen LogP contribution in [-0.2, 0) is 28.6 Å². The van der Waals surface area contributed by atoms with E-state index < -0.39 is 16.9 Å². The van der Waals surface area contributed by atoms with Crippen molar-refractivity contribution >= 4 is 17.8 Å². The summed E-state index contributed by atoms with van der Waals surface area (Å²) in [4.78, 5) is 45.4. The first kappa shape index (κ1) is 29.8. The summed E-state index contributed by atoms with van der Waals surface area (Å²) in [5.74, 6) is -1.87. The maximum atomic E-state index is 14.1. The normalized spacial score (nSPS) is 26.0. The van der Waals surface area contributed by atoms with Crippen molar-refractivity contribution in [3.63, 3.8) is 0 Å². The van der Waals surface area contributed by atoms with Crippen LogP contribution >= 0.6 is 0 Å². The Balaban J connectivity index is 1.85. The Labute approximate surface area is 223 Å². The number of carbonyl (C=O) groups excluding carboxylic acids is 3. The highest BCUT2D eigenvalue weighted by molar-refractivity contribution is 5.82. The number of ether oxygens (including phenoxy) is 3. The van der Waals surface area contributed by atoms with Crippen LogP contribution in [0.15, 0.2) is 0 Å². The molecule has 1 atom stereocenters. The van der Waals surface area contributed by atoms with E-state index in [1.54, 1.807) is 0 Å². The number of likely N-dealkylation sites (tertiary alicyclic amines) is 1. The van der Waals surface area contributed by atoms with E-state index in [4.69, 9.17) is 14.2 Å². The first-order valence-electron chi connectivity index (χ1n) is 14.2. The van der Waals surface area contributed by atoms with Gasteiger partial charge in [-0.3, -0.25) is 14.5 Å². The molecule has 0 aromatic heterocycles. The molecule has 1 unspecified atom stereocenters. The van der Waals surface area contributed by atoms with Gasteiger partial charge in [0.15, 0.2) is 0 Å². The summed E-state index contributed by atoms with van der Waals surface area (Å²) in [7, 11) is 0. The van der Waals surface area contributed by atoms with E-state index in [1.165, 1.54) is 0 Å². The second-order valence-electron chi connectivity index (χ2n) is 12.7. The van der Waals surface area contributed by atoms with Crippen LogP contribution < -0.4 is 0 Å². The number of hydrogen-bond donors (Lipinski definition) is 0. The second kappa shape index (κ2) is 12.0. The molecule has 0 N–H and O–H groups in total. The maximum absolute atomic E-state index is 14.1. The number of amides is 1. The summed E-state index contributed by atoms with van der Waals surface area (Å²) in [5.41, 5.74) is -1.12. The SMILES string of the molecule is CCOC(=O)C1CCC(OC(C(=O)OC(C)(C)C)(N2CCCC2)N2CCN(C(=O)C(C)(C)C)CC2)CC1. The molecule has 3 aliphatic rings. The second-order valence-corrected chi connectivity index (χ2v) is 12.7. The summed E-state index contributed by atoms with van der Waals surface area (Å²) in [6, 6.07) is 0. The minimum absolute atomic E-state index is 0.116. The van der Waals surface area contributed by atoms with E-state index in [0.717, 1.165) is 25.9 Å². The van der Waals surface area contributed by atoms with Crippen molar-refractivity contribution in [1.82, 2.24) is 14.7 Å². The topological polar surface area (TPSA) is 88.6 Å². The predicted molar refractivity (Wildman–Crippen MR) is 140 cm³/mol. The minimum atomic E-state index is -1.35. The van der Waals surface area contributed by atoms with Gasteiger partial charge >= 0.3 is 11.9 Å². The fourth-order valence-electron chi connectivity index (χ4n) is 5.62. The highest BCUT2D eigenvalue weighted by Gasteiger charge is 2.56. The van der Waals surface area contributed by atoms with Crippen molar-refractivity contribution in [2.45, 2.75) is 105 Å². The quantitative estimate of drug-likeness (QED) is 0.469. The fraction of sp³-hybridized carbons (Fsp3) is 0.893. The number of esters is 2. The Hall–Kier alpha value is -1.71. The van der Waals surface area contributed by atoms with Crippen LogP contribution in [-0.4, -0.2) is 96.0 Å². The van der Waals surface area contributed by atoms with E-state index in [0.29, 0.717) is 58.5 Å². The van der Waals surface area contributed by atoms with Crippen molar-refractivity contribution in [2.24, 2.45) is 11.3 Å². The van der Waals surface area contributed by atoms with E-state index in [2.05, 4.69) is 9.80 Å². The third-order valence-corrected chi connectivity index (χ3v) is 7.46. The molecule has 2 saturated heterocycles. The molecule has 0 radical (unpaired) electrons. The third kappa shape index (κ3) is 7.24. The molecule has 0 bridgehead atoms. The number of nitrogens with zero attached hydrogens (tertiary/aromatic N) is 3. The Kier molecular flexibility index (Phi) is 9.67. The lowest BCUT2D eigenvalue weighted by molar-refractivity contribution is -0.281. The van der Waals surface area contributed by atoms with Gasteiger partial charge < -0.3 is 19.1 Å². The van der Waals surface area contributed by atoms with Gasteiger partial charge in [-0.25, -0.2) is 9.69 Å². The zero-order valence-electron chi connectivity index (χ0n) is 24.1. The monoisotopic (exact) mass is 523 g/mol. The highest BCUT2D eigenvalue weighted by atomic mass is 16.6. The fourth-order valence-corrected chi connectivity index (χ4v) is 5.62. The molecule has 0 spiro atoms. The predicted octanol–water partition coefficient (Wildman–Crippen LogP) is 3.41. The van der Waals surface area contributed by atoms with Crippen molar-refractivity contribution in [3.05, 3.63) is 0 Å². The van der Waals surface area contributed by atoms with Crippen molar-refractivity contribution < 1.29 is 28.6 Å². The summed E-state index contributed by atoms with van der Waals surface area (Å²) < 4.78 is 18.1. The van der Waals surface area contributed by atoms with Crippen molar-refractivity contribution in [2.75, 3.05) is 45.9 Å². The lowest BCUT2D eigenvalue weighted by atomic mass is 9.87. The van der Waals surface area contributed by atoms with Gasteiger partial charge in [0, 0.05) is 44.7 Å². The highest BCUT2D eigenvalue weighted by Crippen LogP contribution is 2.37. The minimum Gasteiger partial charge on any atom is -0.466 e. The molecule has 1 amide bonds. The van der Waals surface area contributed by atoms with Gasteiger partial charge in [0.2, 0.25) is 5.91 Å². The van der Waals surface area contributed by atoms with E-state index >= 15 is 0 Å². The molecule has 37 heavy (non-hydrogen) atoms. The first-order valence-corrected chi connectivity index (χ1v) is 14.2. The molecule has 2 heterocycles. The zero-order chi connectivity index (χ0) is 27.4. The van der Waals surface area contributed by atoms with E-state index in [-0.39, 0.29) is 29.9 Å². The summed E-state index contributed by atoms with van der Waals surface area (Å²) in [6.07, 6.45) is 4.55. The smallest absolute Gasteiger partial charge is 0.371 e. The summed E-state index contributed by atoms with van der Waals surface area (Å²) in [6.45, 7) is 17.3. The average molecular weight is 524 g/mol. The molecule has 3 rings (SSSR count). The summed E-state index contributed by atoms with van der Waals surface area (Å²) >= 11 is 0. The molecule has 0 aromatic carbocycles. The number of hydrogen-bond acceptors (Lipinski definition) is 8. The van der Waals surface area contributed by atoms with Crippen LogP contribution in [0, 0.1) is 11.3 Å². The van der Waals surface area contributed by atoms with Crippen LogP contribution in [0.2, 0.25) is 0 Å². The lowest BCUT2D eigenvalue weighted by Crippen LogP contribution is -2.71. The van der Waals surface area contributed by atoms with E-state index in [9.17, 15) is 14.4 Å². The largest absolute Gasteiger partial charge is 0.466 e. The van der Waals surface area contributed by atoms with Gasteiger partial charge in [-0.1, -0.05) is 20.8 Å². The Morgan fingerprint density at radius 2 is 1.32 bits per heavy atom. The van der Waals surface area contributed by atoms with Gasteiger partial charge in [-0.05, 0) is 66.2 Å². The zero-order valence-corrected chi connectivity index (χ0v) is 24.1. The average Bonchev–Trinajstić information content (AvgIpc) is 3.36. The lowest BCUT2D eigenvalue weighted by Gasteiger charge is -2.51. The van der Waals surface area contributed by atoms with Crippen LogP contribution in [0.1, 0.15) is 87.0 Å². The Bertz CT molecular complexity index is 798. The molecule has 3 fully saturated rings. The number of rotatable bonds is 7. The Morgan fingerprint density at radius 3 is 1.81 bits per heavy atom. The van der Waals surface area contributed by atoms with Crippen LogP contribution in [0.3, 0.4) is 0 Å². The molecule has 212 valence electrons. The van der Waals surface area contributed by atoms with Gasteiger partial charge in [-0.15, -0.1) is 0 Å². The van der Waals surface area contributed by atoms with E-state index in [1.807, 2.05) is 53.4 Å². The molecule has 9 nitrogen and oxygen atoms in total. The van der Waals surface area contributed by atoms with Crippen LogP contribution in [0.5, 0.6) is 0 Å². The van der Waals surface area contributed by atoms with Crippen molar-refractivity contribution in [3.8, 4) is 0 Å². The van der Waals surface area contributed by atoms with Crippen LogP contribution in [0.4, 0.5) is 0 Å². The van der Waals surface area contributed by atoms with Gasteiger partial charge in [-0.2, -0.15) is 0 Å². The van der Waals surface area contributed by atoms with Gasteiger partial charge in [0.05, 0.1) is 18.6 Å². The molecular formula is C28H49N3O6. The molecular weight excluding hydrogens is 474 g/mol. The molecule has 1 saturated carbocycles. The molecule has 1 aliphatic carbocycles. The molecule has 9 heteroatoms. The standard InChI is InChI=1S/C28H49N3O6/c1-8-35-23(32)21-11-13-22(14-12-21)36-28(30-15-9-10-16-30,25(34)37-27(5,6)7)31-19-17-29(18-20-31)24(33)26(2,3)4/h21-22H,8-20H2,1-7H3. The number of piperazine rings is 1. The van der Waals surface area contributed by atoms with Gasteiger partial charge in [0.1, 0.15) is 5.60 Å². The Morgan fingerprint density at radius 1 is 0.784 bits per heavy atom. The molecule has 2 aliphatic heterocycles. The molecule has 0 aromatic rings. The first-order chi connectivity index (χ1) is 17.3. The third-order valence-electron chi connectivity index (χ3n) is 7.46. The van der Waals surface area contributed by atoms with Gasteiger partial charge in [0.25, 0.3) is 5.85 Å². The number of carbonyl (C=O) groups is 3.